The molecule has 2 atom stereocenters. The van der Waals surface area contributed by atoms with Gasteiger partial charge in [-0.2, -0.15) is 0 Å². The lowest BCUT2D eigenvalue weighted by atomic mass is 10.0. The van der Waals surface area contributed by atoms with E-state index in [1.54, 1.807) is 0 Å². The van der Waals surface area contributed by atoms with Crippen LogP contribution in [0.4, 0.5) is 0 Å². The van der Waals surface area contributed by atoms with E-state index in [0.717, 1.165) is 18.2 Å². The van der Waals surface area contributed by atoms with Gasteiger partial charge in [0, 0.05) is 18.3 Å². The molecule has 1 radical (unpaired) electrons. The van der Waals surface area contributed by atoms with E-state index >= 15 is 0 Å². The molecule has 0 aliphatic carbocycles. The average molecular weight is 526 g/mol. The number of carbonyl (C=O) groups excluding carboxylic acids is 2. The molecule has 0 fully saturated rings. The molecule has 2 unspecified atom stereocenters. The van der Waals surface area contributed by atoms with E-state index in [1.807, 2.05) is 6.92 Å². The maximum atomic E-state index is 11.8. The fourth-order valence-corrected chi connectivity index (χ4v) is 3.57. The number of hydrogen-bond donors (Lipinski definition) is 2. The minimum absolute atomic E-state index is 0.00329. The number of esters is 1. The molecule has 0 amide bonds. The molecule has 0 rings (SSSR count). The largest absolute Gasteiger partial charge is 0.481 e. The summed E-state index contributed by atoms with van der Waals surface area (Å²) in [6, 6.07) is 0. The summed E-state index contributed by atoms with van der Waals surface area (Å²) in [4.78, 5) is 55.3. The molecule has 13 heteroatoms. The summed E-state index contributed by atoms with van der Waals surface area (Å²) >= 11 is 0.858. The zero-order valence-corrected chi connectivity index (χ0v) is 21.1. The van der Waals surface area contributed by atoms with Crippen LogP contribution >= 0.6 is 11.8 Å². The second kappa shape index (κ2) is 22.7. The van der Waals surface area contributed by atoms with E-state index in [4.69, 9.17) is 38.9 Å². The van der Waals surface area contributed by atoms with Gasteiger partial charge in [0.1, 0.15) is 30.9 Å². The third-order valence-electron chi connectivity index (χ3n) is 4.18. The second-order valence-corrected chi connectivity index (χ2v) is 8.39. The van der Waals surface area contributed by atoms with E-state index in [2.05, 4.69) is 0 Å². The van der Waals surface area contributed by atoms with Crippen LogP contribution in [-0.4, -0.2) is 104 Å². The van der Waals surface area contributed by atoms with Gasteiger partial charge in [0.15, 0.2) is 0 Å². The molecule has 35 heavy (non-hydrogen) atoms. The quantitative estimate of drug-likeness (QED) is 0.0761. The Morgan fingerprint density at radius 2 is 1.37 bits per heavy atom. The summed E-state index contributed by atoms with van der Waals surface area (Å²) in [6.07, 6.45) is 1.67. The molecule has 0 bridgehead atoms. The van der Waals surface area contributed by atoms with Crippen LogP contribution in [0.25, 0.3) is 0 Å². The number of aliphatic carboxylic acids is 2. The number of thioether (sulfide) groups is 1. The number of Topliss-reactive ketones (excluding diaryl/α,β-unsaturated/α-hetero) is 1. The molecule has 12 nitrogen and oxygen atoms in total. The van der Waals surface area contributed by atoms with E-state index in [0.29, 0.717) is 26.4 Å². The summed E-state index contributed by atoms with van der Waals surface area (Å²) in [5.41, 5.74) is 0. The Morgan fingerprint density at radius 3 is 1.89 bits per heavy atom. The number of rotatable bonds is 25. The van der Waals surface area contributed by atoms with Crippen LogP contribution in [0.15, 0.2) is 0 Å². The number of ketones is 1. The van der Waals surface area contributed by atoms with Crippen molar-refractivity contribution in [2.75, 3.05) is 65.2 Å². The van der Waals surface area contributed by atoms with E-state index in [1.165, 1.54) is 13.3 Å². The SMILES string of the molecule is CCCOCCOCCOOCCOCCOC(=O)[CH]CC(CSC(CC(=O)O)C(=O)O)C(C)=O. The van der Waals surface area contributed by atoms with Gasteiger partial charge >= 0.3 is 17.9 Å². The first kappa shape index (κ1) is 33.2. The molecule has 0 aliphatic heterocycles. The van der Waals surface area contributed by atoms with Gasteiger partial charge in [0.05, 0.1) is 45.9 Å². The number of carboxylic acid groups (broad SMARTS) is 2. The van der Waals surface area contributed by atoms with Crippen LogP contribution in [0.3, 0.4) is 0 Å². The van der Waals surface area contributed by atoms with Crippen LogP contribution < -0.4 is 0 Å². The van der Waals surface area contributed by atoms with Gasteiger partial charge in [-0.05, 0) is 19.8 Å². The van der Waals surface area contributed by atoms with Crippen molar-refractivity contribution in [2.45, 2.75) is 38.4 Å². The summed E-state index contributed by atoms with van der Waals surface area (Å²) in [5, 5.41) is 16.7. The Hall–Kier alpha value is -1.77. The van der Waals surface area contributed by atoms with Crippen molar-refractivity contribution in [1.29, 1.82) is 0 Å². The van der Waals surface area contributed by atoms with Crippen LogP contribution in [0.2, 0.25) is 0 Å². The van der Waals surface area contributed by atoms with E-state index in [-0.39, 0.29) is 51.0 Å². The predicted octanol–water partition coefficient (Wildman–Crippen LogP) is 1.40. The lowest BCUT2D eigenvalue weighted by Crippen LogP contribution is -2.24. The molecule has 0 saturated heterocycles. The molecule has 0 aromatic rings. The number of ether oxygens (including phenoxy) is 4. The Bertz CT molecular complexity index is 601. The lowest BCUT2D eigenvalue weighted by Gasteiger charge is -2.15. The minimum Gasteiger partial charge on any atom is -0.481 e. The van der Waals surface area contributed by atoms with Crippen LogP contribution in [0.1, 0.15) is 33.1 Å². The summed E-state index contributed by atoms with van der Waals surface area (Å²) in [7, 11) is 0. The molecule has 0 aliphatic rings. The molecule has 0 heterocycles. The topological polar surface area (TPSA) is 164 Å². The first-order chi connectivity index (χ1) is 16.8. The maximum Gasteiger partial charge on any atom is 0.317 e. The molecular formula is C22H37O12S. The third kappa shape index (κ3) is 21.2. The average Bonchev–Trinajstić information content (AvgIpc) is 2.80. The van der Waals surface area contributed by atoms with Crippen molar-refractivity contribution in [3.05, 3.63) is 6.42 Å². The molecule has 0 saturated carbocycles. The van der Waals surface area contributed by atoms with Crippen LogP contribution in [0.5, 0.6) is 0 Å². The molecule has 203 valence electrons. The smallest absolute Gasteiger partial charge is 0.317 e. The first-order valence-electron chi connectivity index (χ1n) is 11.3. The van der Waals surface area contributed by atoms with Gasteiger partial charge < -0.3 is 29.2 Å². The Kier molecular flexibility index (Phi) is 21.5. The number of carbonyl (C=O) groups is 4. The maximum absolute atomic E-state index is 11.8. The zero-order chi connectivity index (χ0) is 26.3. The van der Waals surface area contributed by atoms with Gasteiger partial charge in [0.25, 0.3) is 0 Å². The van der Waals surface area contributed by atoms with Crippen molar-refractivity contribution >= 4 is 35.5 Å². The van der Waals surface area contributed by atoms with Gasteiger partial charge in [-0.1, -0.05) is 6.92 Å². The third-order valence-corrected chi connectivity index (χ3v) is 5.54. The molecule has 0 aromatic heterocycles. The lowest BCUT2D eigenvalue weighted by molar-refractivity contribution is -0.303. The molecule has 0 spiro atoms. The zero-order valence-electron chi connectivity index (χ0n) is 20.3. The number of hydrogen-bond acceptors (Lipinski definition) is 11. The van der Waals surface area contributed by atoms with Gasteiger partial charge in [-0.15, -0.1) is 11.8 Å². The predicted molar refractivity (Wildman–Crippen MR) is 125 cm³/mol. The van der Waals surface area contributed by atoms with Crippen molar-refractivity contribution < 1.29 is 58.1 Å². The highest BCUT2D eigenvalue weighted by Crippen LogP contribution is 2.22. The number of carboxylic acids is 2. The summed E-state index contributed by atoms with van der Waals surface area (Å²) < 4.78 is 20.8. The normalized spacial score (nSPS) is 12.7. The fraction of sp³-hybridized carbons (Fsp3) is 0.773. The van der Waals surface area contributed by atoms with Crippen molar-refractivity contribution in [3.8, 4) is 0 Å². The summed E-state index contributed by atoms with van der Waals surface area (Å²) in [6.45, 7) is 6.35. The molecular weight excluding hydrogens is 488 g/mol. The van der Waals surface area contributed by atoms with Gasteiger partial charge in [-0.25, -0.2) is 9.78 Å². The highest BCUT2D eigenvalue weighted by atomic mass is 32.2. The Balaban J connectivity index is 3.75. The van der Waals surface area contributed by atoms with Crippen molar-refractivity contribution in [1.82, 2.24) is 0 Å². The molecule has 0 aromatic carbocycles. The fourth-order valence-electron chi connectivity index (χ4n) is 2.33. The van der Waals surface area contributed by atoms with Crippen LogP contribution in [-0.2, 0) is 47.9 Å². The van der Waals surface area contributed by atoms with E-state index in [9.17, 15) is 19.2 Å². The minimum atomic E-state index is -1.27. The molecule has 2 N–H and O–H groups in total. The Labute approximate surface area is 209 Å². The van der Waals surface area contributed by atoms with E-state index < -0.39 is 35.5 Å². The standard InChI is InChI=1S/C22H37O12S/c1-3-6-29-7-8-30-10-13-33-34-14-11-31-9-12-32-21(26)5-4-18(17(2)23)16-35-19(22(27)28)15-20(24)25/h5,18-19H,3-4,6-16H2,1-2H3,(H,24,25)(H,27,28). The highest BCUT2D eigenvalue weighted by molar-refractivity contribution is 8.00. The van der Waals surface area contributed by atoms with Crippen molar-refractivity contribution in [3.63, 3.8) is 0 Å². The van der Waals surface area contributed by atoms with Gasteiger partial charge in [0.2, 0.25) is 0 Å². The second-order valence-electron chi connectivity index (χ2n) is 7.15. The van der Waals surface area contributed by atoms with Crippen LogP contribution in [0, 0.1) is 12.3 Å². The summed E-state index contributed by atoms with van der Waals surface area (Å²) in [5.74, 6) is -3.93. The van der Waals surface area contributed by atoms with Crippen molar-refractivity contribution in [2.24, 2.45) is 5.92 Å². The Morgan fingerprint density at radius 1 is 0.829 bits per heavy atom. The monoisotopic (exact) mass is 525 g/mol. The first-order valence-corrected chi connectivity index (χ1v) is 12.4. The van der Waals surface area contributed by atoms with Gasteiger partial charge in [-0.3, -0.25) is 19.2 Å². The highest BCUT2D eigenvalue weighted by Gasteiger charge is 2.25.